The van der Waals surface area contributed by atoms with Gasteiger partial charge in [0.15, 0.2) is 0 Å². The van der Waals surface area contributed by atoms with Crippen LogP contribution in [0.25, 0.3) is 0 Å². The Balaban J connectivity index is 2.01. The van der Waals surface area contributed by atoms with E-state index in [-0.39, 0.29) is 0 Å². The van der Waals surface area contributed by atoms with Gasteiger partial charge in [-0.3, -0.25) is 4.90 Å². The van der Waals surface area contributed by atoms with Gasteiger partial charge in [0.25, 0.3) is 0 Å². The smallest absolute Gasteiger partial charge is 0.131 e. The molecule has 2 N–H and O–H groups in total. The Hall–Kier alpha value is -1.13. The van der Waals surface area contributed by atoms with Crippen LogP contribution in [0.2, 0.25) is 0 Å². The summed E-state index contributed by atoms with van der Waals surface area (Å²) in [6.45, 7) is 9.66. The van der Waals surface area contributed by atoms with E-state index in [0.717, 1.165) is 38.4 Å². The summed E-state index contributed by atoms with van der Waals surface area (Å²) in [7, 11) is 0. The second-order valence-corrected chi connectivity index (χ2v) is 5.31. The van der Waals surface area contributed by atoms with Gasteiger partial charge >= 0.3 is 0 Å². The Morgan fingerprint density at radius 3 is 2.68 bits per heavy atom. The van der Waals surface area contributed by atoms with Crippen molar-refractivity contribution in [2.75, 3.05) is 37.6 Å². The molecule has 1 atom stereocenters. The molecular weight excluding hydrogens is 236 g/mol. The number of rotatable bonds is 5. The lowest BCUT2D eigenvalue weighted by molar-refractivity contribution is 0.192. The first kappa shape index (κ1) is 14.3. The van der Waals surface area contributed by atoms with Gasteiger partial charge in [0, 0.05) is 38.4 Å². The predicted octanol–water partition coefficient (Wildman–Crippen LogP) is 1.50. The molecule has 1 aliphatic rings. The summed E-state index contributed by atoms with van der Waals surface area (Å²) < 4.78 is 0. The van der Waals surface area contributed by atoms with E-state index in [4.69, 9.17) is 5.73 Å². The van der Waals surface area contributed by atoms with E-state index in [1.165, 1.54) is 12.0 Å². The van der Waals surface area contributed by atoms with Gasteiger partial charge in [-0.25, -0.2) is 4.98 Å². The van der Waals surface area contributed by atoms with Crippen molar-refractivity contribution in [3.8, 4) is 0 Å². The van der Waals surface area contributed by atoms with Crippen molar-refractivity contribution in [2.45, 2.75) is 32.7 Å². The zero-order valence-corrected chi connectivity index (χ0v) is 12.2. The monoisotopic (exact) mass is 262 g/mol. The molecule has 2 heterocycles. The van der Waals surface area contributed by atoms with E-state index >= 15 is 0 Å². The van der Waals surface area contributed by atoms with Gasteiger partial charge in [-0.1, -0.05) is 13.0 Å². The molecule has 2 rings (SSSR count). The maximum absolute atomic E-state index is 5.68. The lowest BCUT2D eigenvalue weighted by Gasteiger charge is -2.39. The molecule has 0 amide bonds. The minimum Gasteiger partial charge on any atom is -0.354 e. The highest BCUT2D eigenvalue weighted by molar-refractivity contribution is 5.47. The molecule has 0 saturated carbocycles. The fourth-order valence-corrected chi connectivity index (χ4v) is 2.70. The number of nitrogens with two attached hydrogens (primary N) is 1. The number of piperazine rings is 1. The lowest BCUT2D eigenvalue weighted by atomic mass is 10.1. The molecule has 1 fully saturated rings. The Morgan fingerprint density at radius 2 is 2.05 bits per heavy atom. The Morgan fingerprint density at radius 1 is 1.32 bits per heavy atom. The van der Waals surface area contributed by atoms with E-state index in [0.29, 0.717) is 12.6 Å². The van der Waals surface area contributed by atoms with Crippen LogP contribution in [0.15, 0.2) is 18.3 Å². The number of aromatic nitrogens is 1. The van der Waals surface area contributed by atoms with Crippen LogP contribution in [-0.2, 0) is 6.42 Å². The van der Waals surface area contributed by atoms with Crippen molar-refractivity contribution in [3.63, 3.8) is 0 Å². The minimum atomic E-state index is 0.686. The zero-order chi connectivity index (χ0) is 13.7. The van der Waals surface area contributed by atoms with Crippen LogP contribution in [0.5, 0.6) is 0 Å². The Kier molecular flexibility index (Phi) is 5.16. The van der Waals surface area contributed by atoms with Crippen LogP contribution in [-0.4, -0.2) is 48.6 Å². The van der Waals surface area contributed by atoms with Crippen molar-refractivity contribution in [2.24, 2.45) is 5.73 Å². The molecule has 0 aliphatic carbocycles. The molecule has 1 saturated heterocycles. The molecule has 19 heavy (non-hydrogen) atoms. The number of nitrogens with zero attached hydrogens (tertiary/aromatic N) is 3. The third-order valence-electron chi connectivity index (χ3n) is 4.11. The molecule has 1 aromatic rings. The first-order chi connectivity index (χ1) is 9.26. The van der Waals surface area contributed by atoms with Gasteiger partial charge < -0.3 is 10.6 Å². The van der Waals surface area contributed by atoms with Crippen LogP contribution in [0.1, 0.15) is 25.8 Å². The van der Waals surface area contributed by atoms with Gasteiger partial charge in [-0.2, -0.15) is 0 Å². The van der Waals surface area contributed by atoms with E-state index in [1.807, 2.05) is 12.3 Å². The first-order valence-electron chi connectivity index (χ1n) is 7.39. The number of pyridine rings is 1. The van der Waals surface area contributed by atoms with Gasteiger partial charge in [-0.15, -0.1) is 0 Å². The van der Waals surface area contributed by atoms with E-state index in [2.05, 4.69) is 34.7 Å². The highest BCUT2D eigenvalue weighted by atomic mass is 15.3. The van der Waals surface area contributed by atoms with E-state index < -0.39 is 0 Å². The lowest BCUT2D eigenvalue weighted by Crippen LogP contribution is -2.50. The molecule has 1 aliphatic heterocycles. The second kappa shape index (κ2) is 6.87. The Labute approximate surface area is 116 Å². The molecule has 0 bridgehead atoms. The van der Waals surface area contributed by atoms with Gasteiger partial charge in [0.05, 0.1) is 0 Å². The molecule has 0 aromatic carbocycles. The highest BCUT2D eigenvalue weighted by Crippen LogP contribution is 2.20. The van der Waals surface area contributed by atoms with Gasteiger partial charge in [0.1, 0.15) is 5.82 Å². The average molecular weight is 262 g/mol. The van der Waals surface area contributed by atoms with Crippen LogP contribution >= 0.6 is 0 Å². The van der Waals surface area contributed by atoms with Crippen molar-refractivity contribution >= 4 is 5.82 Å². The fraction of sp³-hybridized carbons (Fsp3) is 0.667. The second-order valence-electron chi connectivity index (χ2n) is 5.31. The third-order valence-corrected chi connectivity index (χ3v) is 4.11. The molecule has 0 radical (unpaired) electrons. The standard InChI is InChI=1S/C15H26N4/c1-3-13(2)18-9-11-19(12-10-18)15-14(6-7-16)5-4-8-17-15/h4-5,8,13H,3,6-7,9-12,16H2,1-2H3. The quantitative estimate of drug-likeness (QED) is 0.873. The highest BCUT2D eigenvalue weighted by Gasteiger charge is 2.22. The van der Waals surface area contributed by atoms with Crippen LogP contribution in [0, 0.1) is 0 Å². The summed E-state index contributed by atoms with van der Waals surface area (Å²) in [5.41, 5.74) is 6.96. The first-order valence-corrected chi connectivity index (χ1v) is 7.39. The molecule has 4 nitrogen and oxygen atoms in total. The van der Waals surface area contributed by atoms with E-state index in [1.54, 1.807) is 0 Å². The summed E-state index contributed by atoms with van der Waals surface area (Å²) in [5.74, 6) is 1.14. The summed E-state index contributed by atoms with van der Waals surface area (Å²) in [5, 5.41) is 0. The van der Waals surface area contributed by atoms with E-state index in [9.17, 15) is 0 Å². The largest absolute Gasteiger partial charge is 0.354 e. The number of anilines is 1. The normalized spacial score (nSPS) is 18.6. The van der Waals surface area contributed by atoms with Crippen molar-refractivity contribution in [1.29, 1.82) is 0 Å². The summed E-state index contributed by atoms with van der Waals surface area (Å²) >= 11 is 0. The van der Waals surface area contributed by atoms with Gasteiger partial charge in [0.2, 0.25) is 0 Å². The van der Waals surface area contributed by atoms with Crippen molar-refractivity contribution < 1.29 is 0 Å². The van der Waals surface area contributed by atoms with Crippen molar-refractivity contribution in [3.05, 3.63) is 23.9 Å². The summed E-state index contributed by atoms with van der Waals surface area (Å²) in [6.07, 6.45) is 4.02. The van der Waals surface area contributed by atoms with Gasteiger partial charge in [-0.05, 0) is 37.9 Å². The maximum atomic E-state index is 5.68. The van der Waals surface area contributed by atoms with Crippen LogP contribution in [0.4, 0.5) is 5.82 Å². The average Bonchev–Trinajstić information content (AvgIpc) is 2.47. The molecule has 106 valence electrons. The summed E-state index contributed by atoms with van der Waals surface area (Å²) in [6, 6.07) is 4.84. The summed E-state index contributed by atoms with van der Waals surface area (Å²) in [4.78, 5) is 9.54. The zero-order valence-electron chi connectivity index (χ0n) is 12.2. The molecular formula is C15H26N4. The van der Waals surface area contributed by atoms with Crippen LogP contribution < -0.4 is 10.6 Å². The maximum Gasteiger partial charge on any atom is 0.131 e. The fourth-order valence-electron chi connectivity index (χ4n) is 2.70. The third kappa shape index (κ3) is 3.45. The molecule has 1 unspecified atom stereocenters. The minimum absolute atomic E-state index is 0.686. The molecule has 0 spiro atoms. The van der Waals surface area contributed by atoms with Crippen molar-refractivity contribution in [1.82, 2.24) is 9.88 Å². The predicted molar refractivity (Wildman–Crippen MR) is 80.5 cm³/mol. The number of hydrogen-bond donors (Lipinski definition) is 1. The SMILES string of the molecule is CCC(C)N1CCN(c2ncccc2CCN)CC1. The molecule has 4 heteroatoms. The molecule has 1 aromatic heterocycles. The topological polar surface area (TPSA) is 45.4 Å². The Bertz CT molecular complexity index is 385. The van der Waals surface area contributed by atoms with Crippen LogP contribution in [0.3, 0.4) is 0 Å². The number of hydrogen-bond acceptors (Lipinski definition) is 4.